The lowest BCUT2D eigenvalue weighted by Gasteiger charge is -2.09. The van der Waals surface area contributed by atoms with Crippen LogP contribution in [0, 0.1) is 0 Å². The fourth-order valence-electron chi connectivity index (χ4n) is 2.06. The maximum atomic E-state index is 5.89. The maximum Gasteiger partial charge on any atom is 0.226 e. The zero-order chi connectivity index (χ0) is 14.8. The van der Waals surface area contributed by atoms with Gasteiger partial charge in [-0.05, 0) is 17.7 Å². The first-order chi connectivity index (χ1) is 10.2. The molecular formula is C14H15ClN6. The molecule has 0 spiro atoms. The molecule has 21 heavy (non-hydrogen) atoms. The van der Waals surface area contributed by atoms with Gasteiger partial charge in [0.2, 0.25) is 5.95 Å². The Hall–Kier alpha value is -2.34. The Bertz CT molecular complexity index is 765. The van der Waals surface area contributed by atoms with Crippen LogP contribution in [-0.2, 0) is 13.6 Å². The van der Waals surface area contributed by atoms with Crippen molar-refractivity contribution in [2.45, 2.75) is 6.54 Å². The fraction of sp³-hybridized carbons (Fsp3) is 0.214. The summed E-state index contributed by atoms with van der Waals surface area (Å²) in [7, 11) is 3.65. The summed E-state index contributed by atoms with van der Waals surface area (Å²) in [5.74, 6) is 1.32. The SMILES string of the molecule is CNc1nc(NCc2ccc(Cl)cc2)c2cnn(C)c2n1. The molecule has 3 aromatic rings. The summed E-state index contributed by atoms with van der Waals surface area (Å²) in [6, 6.07) is 7.71. The molecular weight excluding hydrogens is 288 g/mol. The van der Waals surface area contributed by atoms with E-state index in [1.54, 1.807) is 17.9 Å². The van der Waals surface area contributed by atoms with Crippen LogP contribution in [0.15, 0.2) is 30.5 Å². The highest BCUT2D eigenvalue weighted by molar-refractivity contribution is 6.30. The molecule has 0 aliphatic carbocycles. The van der Waals surface area contributed by atoms with E-state index in [2.05, 4.69) is 25.7 Å². The van der Waals surface area contributed by atoms with Crippen molar-refractivity contribution in [3.8, 4) is 0 Å². The van der Waals surface area contributed by atoms with Gasteiger partial charge in [0.05, 0.1) is 11.6 Å². The third-order valence-electron chi connectivity index (χ3n) is 3.19. The molecule has 3 rings (SSSR count). The van der Waals surface area contributed by atoms with E-state index in [4.69, 9.17) is 11.6 Å². The molecule has 0 radical (unpaired) electrons. The summed E-state index contributed by atoms with van der Waals surface area (Å²) < 4.78 is 1.73. The molecule has 0 aliphatic heterocycles. The second-order valence-corrected chi connectivity index (χ2v) is 5.07. The number of hydrogen-bond donors (Lipinski definition) is 2. The van der Waals surface area contributed by atoms with Gasteiger partial charge in [-0.15, -0.1) is 0 Å². The van der Waals surface area contributed by atoms with Gasteiger partial charge in [0.1, 0.15) is 5.82 Å². The first-order valence-corrected chi connectivity index (χ1v) is 6.91. The Morgan fingerprint density at radius 2 is 1.95 bits per heavy atom. The van der Waals surface area contributed by atoms with E-state index in [1.807, 2.05) is 31.3 Å². The van der Waals surface area contributed by atoms with Gasteiger partial charge in [0.25, 0.3) is 0 Å². The highest BCUT2D eigenvalue weighted by atomic mass is 35.5. The van der Waals surface area contributed by atoms with Crippen LogP contribution in [0.2, 0.25) is 5.02 Å². The van der Waals surface area contributed by atoms with Gasteiger partial charge >= 0.3 is 0 Å². The van der Waals surface area contributed by atoms with Gasteiger partial charge in [0.15, 0.2) is 5.65 Å². The van der Waals surface area contributed by atoms with Crippen molar-refractivity contribution < 1.29 is 0 Å². The van der Waals surface area contributed by atoms with Crippen LogP contribution in [0.3, 0.4) is 0 Å². The molecule has 0 bridgehead atoms. The van der Waals surface area contributed by atoms with E-state index >= 15 is 0 Å². The Morgan fingerprint density at radius 1 is 1.19 bits per heavy atom. The van der Waals surface area contributed by atoms with Crippen LogP contribution in [0.5, 0.6) is 0 Å². The van der Waals surface area contributed by atoms with Crippen LogP contribution >= 0.6 is 11.6 Å². The van der Waals surface area contributed by atoms with Crippen LogP contribution in [0.4, 0.5) is 11.8 Å². The predicted octanol–water partition coefficient (Wildman–Crippen LogP) is 2.67. The molecule has 0 atom stereocenters. The van der Waals surface area contributed by atoms with Crippen molar-refractivity contribution in [1.82, 2.24) is 19.7 Å². The zero-order valence-corrected chi connectivity index (χ0v) is 12.5. The standard InChI is InChI=1S/C14H15ClN6/c1-16-14-19-12(11-8-18-21(2)13(11)20-14)17-7-9-3-5-10(15)6-4-9/h3-6,8H,7H2,1-2H3,(H2,16,17,19,20). The first kappa shape index (κ1) is 13.6. The van der Waals surface area contributed by atoms with E-state index in [1.165, 1.54) is 0 Å². The van der Waals surface area contributed by atoms with Gasteiger partial charge in [-0.3, -0.25) is 4.68 Å². The lowest BCUT2D eigenvalue weighted by atomic mass is 10.2. The number of fused-ring (bicyclic) bond motifs is 1. The lowest BCUT2D eigenvalue weighted by Crippen LogP contribution is -2.06. The summed E-state index contributed by atoms with van der Waals surface area (Å²) in [6.45, 7) is 0.654. The molecule has 0 amide bonds. The molecule has 1 aromatic carbocycles. The van der Waals surface area contributed by atoms with E-state index in [9.17, 15) is 0 Å². The van der Waals surface area contributed by atoms with Crippen LogP contribution in [0.25, 0.3) is 11.0 Å². The summed E-state index contributed by atoms with van der Waals surface area (Å²) in [5, 5.41) is 12.1. The summed E-state index contributed by atoms with van der Waals surface area (Å²) in [6.07, 6.45) is 1.76. The van der Waals surface area contributed by atoms with E-state index in [0.717, 1.165) is 27.4 Å². The molecule has 108 valence electrons. The van der Waals surface area contributed by atoms with E-state index < -0.39 is 0 Å². The van der Waals surface area contributed by atoms with Crippen molar-refractivity contribution in [1.29, 1.82) is 0 Å². The fourth-order valence-corrected chi connectivity index (χ4v) is 2.18. The number of halogens is 1. The average Bonchev–Trinajstić information content (AvgIpc) is 2.88. The second-order valence-electron chi connectivity index (χ2n) is 4.63. The van der Waals surface area contributed by atoms with Gasteiger partial charge in [0, 0.05) is 25.7 Å². The quantitative estimate of drug-likeness (QED) is 0.775. The van der Waals surface area contributed by atoms with Crippen molar-refractivity contribution in [3.63, 3.8) is 0 Å². The first-order valence-electron chi connectivity index (χ1n) is 6.53. The Labute approximate surface area is 127 Å². The normalized spacial score (nSPS) is 10.8. The Morgan fingerprint density at radius 3 is 2.67 bits per heavy atom. The highest BCUT2D eigenvalue weighted by Crippen LogP contribution is 2.22. The average molecular weight is 303 g/mol. The van der Waals surface area contributed by atoms with Gasteiger partial charge in [-0.25, -0.2) is 0 Å². The maximum absolute atomic E-state index is 5.89. The predicted molar refractivity (Wildman–Crippen MR) is 84.6 cm³/mol. The number of hydrogen-bond acceptors (Lipinski definition) is 5. The van der Waals surface area contributed by atoms with Gasteiger partial charge < -0.3 is 10.6 Å². The minimum absolute atomic E-state index is 0.560. The minimum Gasteiger partial charge on any atom is -0.365 e. The Balaban J connectivity index is 1.90. The molecule has 0 aliphatic rings. The number of rotatable bonds is 4. The summed E-state index contributed by atoms with van der Waals surface area (Å²) >= 11 is 5.89. The van der Waals surface area contributed by atoms with Crippen molar-refractivity contribution in [3.05, 3.63) is 41.0 Å². The number of nitrogens with one attached hydrogen (secondary N) is 2. The topological polar surface area (TPSA) is 67.7 Å². The van der Waals surface area contributed by atoms with Crippen molar-refractivity contribution in [2.75, 3.05) is 17.7 Å². The largest absolute Gasteiger partial charge is 0.365 e. The molecule has 7 heteroatoms. The molecule has 0 saturated carbocycles. The van der Waals surface area contributed by atoms with Gasteiger partial charge in [-0.1, -0.05) is 23.7 Å². The van der Waals surface area contributed by atoms with Crippen LogP contribution in [-0.4, -0.2) is 26.8 Å². The number of nitrogens with zero attached hydrogens (tertiary/aromatic N) is 4. The molecule has 2 aromatic heterocycles. The van der Waals surface area contributed by atoms with Crippen molar-refractivity contribution >= 4 is 34.4 Å². The molecule has 0 unspecified atom stereocenters. The molecule has 2 heterocycles. The highest BCUT2D eigenvalue weighted by Gasteiger charge is 2.10. The third-order valence-corrected chi connectivity index (χ3v) is 3.44. The van der Waals surface area contributed by atoms with Crippen molar-refractivity contribution in [2.24, 2.45) is 7.05 Å². The van der Waals surface area contributed by atoms with E-state index in [-0.39, 0.29) is 0 Å². The van der Waals surface area contributed by atoms with Gasteiger partial charge in [-0.2, -0.15) is 15.1 Å². The minimum atomic E-state index is 0.560. The number of benzene rings is 1. The molecule has 0 fully saturated rings. The molecule has 2 N–H and O–H groups in total. The van der Waals surface area contributed by atoms with Crippen LogP contribution < -0.4 is 10.6 Å². The smallest absolute Gasteiger partial charge is 0.226 e. The molecule has 0 saturated heterocycles. The lowest BCUT2D eigenvalue weighted by molar-refractivity contribution is 0.786. The Kier molecular flexibility index (Phi) is 3.62. The zero-order valence-electron chi connectivity index (χ0n) is 11.8. The van der Waals surface area contributed by atoms with Crippen LogP contribution in [0.1, 0.15) is 5.56 Å². The summed E-state index contributed by atoms with van der Waals surface area (Å²) in [4.78, 5) is 8.85. The second kappa shape index (κ2) is 5.57. The monoisotopic (exact) mass is 302 g/mol. The number of aromatic nitrogens is 4. The molecule has 6 nitrogen and oxygen atoms in total. The number of aryl methyl sites for hydroxylation is 1. The number of anilines is 2. The van der Waals surface area contributed by atoms with E-state index in [0.29, 0.717) is 12.5 Å². The third kappa shape index (κ3) is 2.75. The summed E-state index contributed by atoms with van der Waals surface area (Å²) in [5.41, 5.74) is 1.91.